The van der Waals surface area contributed by atoms with Gasteiger partial charge in [0.25, 0.3) is 0 Å². The van der Waals surface area contributed by atoms with Crippen LogP contribution in [-0.4, -0.2) is 55.3 Å². The van der Waals surface area contributed by atoms with Crippen LogP contribution in [0, 0.1) is 5.82 Å². The number of ether oxygens (including phenoxy) is 1. The van der Waals surface area contributed by atoms with E-state index >= 15 is 0 Å². The summed E-state index contributed by atoms with van der Waals surface area (Å²) >= 11 is 0. The molecular formula is C24H27FN4O3. The summed E-state index contributed by atoms with van der Waals surface area (Å²) in [6.07, 6.45) is 0.616. The summed E-state index contributed by atoms with van der Waals surface area (Å²) in [4.78, 5) is 29.9. The molecule has 3 aliphatic heterocycles. The maximum Gasteiger partial charge on any atom is 0.231 e. The molecular weight excluding hydrogens is 411 g/mol. The van der Waals surface area contributed by atoms with Crippen molar-refractivity contribution in [3.8, 4) is 0 Å². The number of anilines is 1. The van der Waals surface area contributed by atoms with Gasteiger partial charge in [-0.3, -0.25) is 19.8 Å². The number of amides is 2. The van der Waals surface area contributed by atoms with Crippen LogP contribution in [0.1, 0.15) is 30.0 Å². The Morgan fingerprint density at radius 2 is 1.81 bits per heavy atom. The average molecular weight is 439 g/mol. The number of para-hydroxylation sites is 1. The summed E-state index contributed by atoms with van der Waals surface area (Å²) < 4.78 is 18.9. The van der Waals surface area contributed by atoms with Gasteiger partial charge < -0.3 is 15.0 Å². The van der Waals surface area contributed by atoms with Gasteiger partial charge in [-0.2, -0.15) is 0 Å². The highest BCUT2D eigenvalue weighted by Gasteiger charge is 2.37. The van der Waals surface area contributed by atoms with E-state index in [0.717, 1.165) is 29.9 Å². The second-order valence-corrected chi connectivity index (χ2v) is 8.52. The summed E-state index contributed by atoms with van der Waals surface area (Å²) in [5.41, 5.74) is 2.85. The van der Waals surface area contributed by atoms with Crippen molar-refractivity contribution in [3.05, 3.63) is 65.5 Å². The van der Waals surface area contributed by atoms with E-state index in [1.807, 2.05) is 24.3 Å². The number of nitrogens with one attached hydrogen (secondary N) is 2. The van der Waals surface area contributed by atoms with Crippen molar-refractivity contribution >= 4 is 17.5 Å². The van der Waals surface area contributed by atoms with Crippen LogP contribution in [0.5, 0.6) is 0 Å². The Hall–Kier alpha value is -2.81. The number of hydrogen-bond acceptors (Lipinski definition) is 5. The Labute approximate surface area is 186 Å². The fourth-order valence-corrected chi connectivity index (χ4v) is 4.91. The molecule has 3 atom stereocenters. The predicted molar refractivity (Wildman–Crippen MR) is 117 cm³/mol. The molecule has 2 N–H and O–H groups in total. The minimum atomic E-state index is -0.446. The average Bonchev–Trinajstić information content (AvgIpc) is 3.19. The minimum absolute atomic E-state index is 0.0602. The summed E-state index contributed by atoms with van der Waals surface area (Å²) in [5, 5.41) is 6.36. The van der Waals surface area contributed by atoms with E-state index in [9.17, 15) is 14.0 Å². The zero-order valence-corrected chi connectivity index (χ0v) is 17.8. The normalized spacial score (nSPS) is 26.0. The number of fused-ring (bicyclic) bond motifs is 1. The molecule has 3 heterocycles. The first-order valence-corrected chi connectivity index (χ1v) is 11.1. The maximum atomic E-state index is 13.5. The van der Waals surface area contributed by atoms with Crippen molar-refractivity contribution < 1.29 is 18.7 Å². The molecule has 32 heavy (non-hydrogen) atoms. The van der Waals surface area contributed by atoms with E-state index in [4.69, 9.17) is 4.74 Å². The van der Waals surface area contributed by atoms with Crippen LogP contribution in [0.25, 0.3) is 0 Å². The number of rotatable bonds is 4. The molecule has 5 rings (SSSR count). The van der Waals surface area contributed by atoms with Crippen LogP contribution in [0.15, 0.2) is 48.5 Å². The number of carbonyl (C=O) groups is 2. The molecule has 168 valence electrons. The second-order valence-electron chi connectivity index (χ2n) is 8.52. The van der Waals surface area contributed by atoms with E-state index in [0.29, 0.717) is 26.1 Å². The lowest BCUT2D eigenvalue weighted by atomic mass is 10.0. The second kappa shape index (κ2) is 8.97. The largest absolute Gasteiger partial charge is 0.379 e. The van der Waals surface area contributed by atoms with Crippen LogP contribution in [-0.2, 0) is 20.7 Å². The van der Waals surface area contributed by atoms with Gasteiger partial charge in [-0.25, -0.2) is 4.39 Å². The number of benzene rings is 2. The number of halogens is 1. The van der Waals surface area contributed by atoms with Gasteiger partial charge in [0.1, 0.15) is 5.82 Å². The van der Waals surface area contributed by atoms with Gasteiger partial charge in [0.05, 0.1) is 44.4 Å². The van der Waals surface area contributed by atoms with Crippen LogP contribution >= 0.6 is 0 Å². The number of morpholine rings is 1. The van der Waals surface area contributed by atoms with E-state index in [2.05, 4.69) is 15.5 Å². The van der Waals surface area contributed by atoms with E-state index in [1.54, 1.807) is 17.0 Å². The quantitative estimate of drug-likeness (QED) is 0.763. The summed E-state index contributed by atoms with van der Waals surface area (Å²) in [6.45, 7) is 2.82. The van der Waals surface area contributed by atoms with Gasteiger partial charge in [0.2, 0.25) is 11.8 Å². The van der Waals surface area contributed by atoms with Crippen molar-refractivity contribution in [2.75, 3.05) is 31.2 Å². The van der Waals surface area contributed by atoms with Crippen molar-refractivity contribution in [1.29, 1.82) is 0 Å². The molecule has 2 saturated heterocycles. The zero-order chi connectivity index (χ0) is 22.1. The molecule has 0 aliphatic carbocycles. The molecule has 0 saturated carbocycles. The number of carbonyl (C=O) groups excluding carboxylic acids is 2. The SMILES string of the molecule is O=C1CC(N2CCOCC2)NC(CC(=O)N2c3ccccc3CC2c2ccc(F)cc2)N1. The standard InChI is InChI=1S/C24H27FN4O3/c25-18-7-5-16(6-8-18)20-13-17-3-1-2-4-19(17)29(20)24(31)14-21-26-22(15-23(30)27-21)28-9-11-32-12-10-28/h1-8,20-22,26H,9-15H2,(H,27,30). The van der Waals surface area contributed by atoms with E-state index < -0.39 is 6.17 Å². The van der Waals surface area contributed by atoms with Gasteiger partial charge in [-0.1, -0.05) is 30.3 Å². The molecule has 0 bridgehead atoms. The highest BCUT2D eigenvalue weighted by Crippen LogP contribution is 2.40. The highest BCUT2D eigenvalue weighted by atomic mass is 19.1. The first-order valence-electron chi connectivity index (χ1n) is 11.1. The third kappa shape index (κ3) is 4.26. The van der Waals surface area contributed by atoms with Crippen molar-refractivity contribution in [2.45, 2.75) is 37.6 Å². The summed E-state index contributed by atoms with van der Waals surface area (Å²) in [7, 11) is 0. The minimum Gasteiger partial charge on any atom is -0.379 e. The molecule has 2 fully saturated rings. The van der Waals surface area contributed by atoms with Gasteiger partial charge in [-0.15, -0.1) is 0 Å². The number of nitrogens with zero attached hydrogens (tertiary/aromatic N) is 2. The Morgan fingerprint density at radius 3 is 2.59 bits per heavy atom. The Morgan fingerprint density at radius 1 is 1.06 bits per heavy atom. The molecule has 0 radical (unpaired) electrons. The van der Waals surface area contributed by atoms with Gasteiger partial charge >= 0.3 is 0 Å². The topological polar surface area (TPSA) is 73.9 Å². The van der Waals surface area contributed by atoms with E-state index in [-0.39, 0.29) is 36.3 Å². The third-order valence-corrected chi connectivity index (χ3v) is 6.47. The number of hydrogen-bond donors (Lipinski definition) is 2. The zero-order valence-electron chi connectivity index (χ0n) is 17.8. The van der Waals surface area contributed by atoms with E-state index in [1.165, 1.54) is 12.1 Å². The Kier molecular flexibility index (Phi) is 5.91. The van der Waals surface area contributed by atoms with Gasteiger partial charge in [0, 0.05) is 18.8 Å². The van der Waals surface area contributed by atoms with Crippen molar-refractivity contribution in [1.82, 2.24) is 15.5 Å². The molecule has 3 aliphatic rings. The first kappa shape index (κ1) is 21.1. The molecule has 2 aromatic carbocycles. The first-order chi connectivity index (χ1) is 15.6. The van der Waals surface area contributed by atoms with Crippen LogP contribution in [0.4, 0.5) is 10.1 Å². The smallest absolute Gasteiger partial charge is 0.231 e. The van der Waals surface area contributed by atoms with Crippen molar-refractivity contribution in [2.24, 2.45) is 0 Å². The maximum absolute atomic E-state index is 13.5. The molecule has 0 spiro atoms. The Balaban J connectivity index is 1.35. The van der Waals surface area contributed by atoms with Crippen molar-refractivity contribution in [3.63, 3.8) is 0 Å². The van der Waals surface area contributed by atoms with Gasteiger partial charge in [0.15, 0.2) is 0 Å². The summed E-state index contributed by atoms with van der Waals surface area (Å²) in [5.74, 6) is -0.440. The Bertz CT molecular complexity index is 993. The fourth-order valence-electron chi connectivity index (χ4n) is 4.91. The van der Waals surface area contributed by atoms with Gasteiger partial charge in [-0.05, 0) is 35.7 Å². The van der Waals surface area contributed by atoms with Crippen LogP contribution in [0.2, 0.25) is 0 Å². The monoisotopic (exact) mass is 438 g/mol. The van der Waals surface area contributed by atoms with Crippen LogP contribution in [0.3, 0.4) is 0 Å². The molecule has 2 amide bonds. The lowest BCUT2D eigenvalue weighted by Crippen LogP contribution is -2.63. The molecule has 7 nitrogen and oxygen atoms in total. The fraction of sp³-hybridized carbons (Fsp3) is 0.417. The summed E-state index contributed by atoms with van der Waals surface area (Å²) in [6, 6.07) is 14.0. The highest BCUT2D eigenvalue weighted by molar-refractivity contribution is 5.97. The molecule has 8 heteroatoms. The molecule has 0 aromatic heterocycles. The third-order valence-electron chi connectivity index (χ3n) is 6.47. The lowest BCUT2D eigenvalue weighted by molar-refractivity contribution is -0.128. The lowest BCUT2D eigenvalue weighted by Gasteiger charge is -2.40. The van der Waals surface area contributed by atoms with Crippen LogP contribution < -0.4 is 15.5 Å². The molecule has 3 unspecified atom stereocenters. The molecule has 2 aromatic rings. The predicted octanol–water partition coefficient (Wildman–Crippen LogP) is 1.94.